The molecule has 0 aliphatic heterocycles. The summed E-state index contributed by atoms with van der Waals surface area (Å²) in [6.07, 6.45) is 0. The lowest BCUT2D eigenvalue weighted by atomic mass is 10.1. The van der Waals surface area contributed by atoms with Gasteiger partial charge in [0.15, 0.2) is 0 Å². The van der Waals surface area contributed by atoms with Gasteiger partial charge in [0.25, 0.3) is 5.91 Å². The van der Waals surface area contributed by atoms with Crippen LogP contribution in [0.5, 0.6) is 5.75 Å². The van der Waals surface area contributed by atoms with E-state index in [1.165, 1.54) is 26.3 Å². The van der Waals surface area contributed by atoms with Crippen molar-refractivity contribution in [2.45, 2.75) is 0 Å². The predicted octanol–water partition coefficient (Wildman–Crippen LogP) is 1.37. The van der Waals surface area contributed by atoms with Crippen LogP contribution in [0, 0.1) is 0 Å². The summed E-state index contributed by atoms with van der Waals surface area (Å²) in [7, 11) is 2.83. The highest BCUT2D eigenvalue weighted by Gasteiger charge is 2.17. The Kier molecular flexibility index (Phi) is 3.54. The van der Waals surface area contributed by atoms with E-state index in [2.05, 4.69) is 15.9 Å². The van der Waals surface area contributed by atoms with Gasteiger partial charge in [0.1, 0.15) is 5.75 Å². The average molecular weight is 275 g/mol. The Labute approximate surface area is 95.5 Å². The van der Waals surface area contributed by atoms with Crippen molar-refractivity contribution in [2.24, 2.45) is 0 Å². The standard InChI is InChI=1S/C9H11BrN2O3/c1-12(15-2)9(14)6-3-5(10)4-7(13)8(6)11/h3-4,13H,11H2,1-2H3. The van der Waals surface area contributed by atoms with Crippen molar-refractivity contribution in [1.82, 2.24) is 5.06 Å². The maximum absolute atomic E-state index is 11.7. The van der Waals surface area contributed by atoms with Gasteiger partial charge >= 0.3 is 0 Å². The molecule has 82 valence electrons. The number of anilines is 1. The molecule has 0 aromatic heterocycles. The molecule has 15 heavy (non-hydrogen) atoms. The Bertz CT molecular complexity index is 395. The smallest absolute Gasteiger partial charge is 0.279 e. The Hall–Kier alpha value is -1.27. The minimum absolute atomic E-state index is 0.0344. The number of benzene rings is 1. The molecule has 1 amide bonds. The van der Waals surface area contributed by atoms with Gasteiger partial charge in [-0.3, -0.25) is 9.63 Å². The van der Waals surface area contributed by atoms with E-state index in [-0.39, 0.29) is 17.0 Å². The van der Waals surface area contributed by atoms with Crippen molar-refractivity contribution in [3.8, 4) is 5.75 Å². The van der Waals surface area contributed by atoms with Gasteiger partial charge in [-0.05, 0) is 12.1 Å². The molecule has 1 rings (SSSR count). The summed E-state index contributed by atoms with van der Waals surface area (Å²) in [5, 5.41) is 10.4. The minimum atomic E-state index is -0.424. The van der Waals surface area contributed by atoms with Gasteiger partial charge in [-0.15, -0.1) is 0 Å². The number of phenols is 1. The van der Waals surface area contributed by atoms with E-state index >= 15 is 0 Å². The zero-order valence-electron chi connectivity index (χ0n) is 8.32. The third-order valence-corrected chi connectivity index (χ3v) is 2.37. The number of hydroxylamine groups is 2. The van der Waals surface area contributed by atoms with Crippen molar-refractivity contribution in [3.05, 3.63) is 22.2 Å². The van der Waals surface area contributed by atoms with Gasteiger partial charge in [0.05, 0.1) is 18.4 Å². The van der Waals surface area contributed by atoms with E-state index < -0.39 is 5.91 Å². The molecule has 0 aliphatic rings. The molecule has 1 aromatic rings. The van der Waals surface area contributed by atoms with E-state index in [4.69, 9.17) is 10.6 Å². The summed E-state index contributed by atoms with van der Waals surface area (Å²) >= 11 is 3.16. The molecule has 0 saturated carbocycles. The summed E-state index contributed by atoms with van der Waals surface area (Å²) in [6, 6.07) is 2.94. The van der Waals surface area contributed by atoms with Crippen LogP contribution < -0.4 is 5.73 Å². The summed E-state index contributed by atoms with van der Waals surface area (Å²) in [5.74, 6) is -0.566. The molecule has 0 spiro atoms. The first-order chi connectivity index (χ1) is 6.97. The largest absolute Gasteiger partial charge is 0.506 e. The molecule has 6 heteroatoms. The molecule has 0 unspecified atom stereocenters. The second-order valence-corrected chi connectivity index (χ2v) is 3.79. The Balaban J connectivity index is 3.19. The van der Waals surface area contributed by atoms with Crippen LogP contribution in [0.25, 0.3) is 0 Å². The topological polar surface area (TPSA) is 75.8 Å². The lowest BCUT2D eigenvalue weighted by molar-refractivity contribution is -0.0756. The second-order valence-electron chi connectivity index (χ2n) is 2.87. The van der Waals surface area contributed by atoms with E-state index in [1.807, 2.05) is 0 Å². The van der Waals surface area contributed by atoms with Crippen molar-refractivity contribution in [1.29, 1.82) is 0 Å². The normalized spacial score (nSPS) is 10.1. The number of halogens is 1. The van der Waals surface area contributed by atoms with E-state index in [0.717, 1.165) is 5.06 Å². The number of carbonyl (C=O) groups is 1. The first-order valence-corrected chi connectivity index (χ1v) is 4.86. The van der Waals surface area contributed by atoms with Crippen LogP contribution in [0.4, 0.5) is 5.69 Å². The average Bonchev–Trinajstić information content (AvgIpc) is 2.21. The number of rotatable bonds is 2. The number of hydrogen-bond acceptors (Lipinski definition) is 4. The fourth-order valence-electron chi connectivity index (χ4n) is 1.03. The minimum Gasteiger partial charge on any atom is -0.506 e. The van der Waals surface area contributed by atoms with E-state index in [9.17, 15) is 9.90 Å². The molecule has 3 N–H and O–H groups in total. The van der Waals surface area contributed by atoms with Crippen LogP contribution in [0.15, 0.2) is 16.6 Å². The first-order valence-electron chi connectivity index (χ1n) is 4.07. The van der Waals surface area contributed by atoms with Crippen LogP contribution in [-0.2, 0) is 4.84 Å². The molecule has 1 aromatic carbocycles. The number of amides is 1. The zero-order valence-corrected chi connectivity index (χ0v) is 9.91. The lowest BCUT2D eigenvalue weighted by Gasteiger charge is -2.15. The van der Waals surface area contributed by atoms with Crippen molar-refractivity contribution >= 4 is 27.5 Å². The van der Waals surface area contributed by atoms with Gasteiger partial charge in [-0.25, -0.2) is 5.06 Å². The molecule has 5 nitrogen and oxygen atoms in total. The Morgan fingerprint density at radius 3 is 2.73 bits per heavy atom. The first kappa shape index (κ1) is 11.8. The third-order valence-electron chi connectivity index (χ3n) is 1.91. The molecule has 0 fully saturated rings. The highest BCUT2D eigenvalue weighted by molar-refractivity contribution is 9.10. The molecule has 0 aliphatic carbocycles. The number of phenolic OH excluding ortho intramolecular Hbond substituents is 1. The molecule has 0 bridgehead atoms. The van der Waals surface area contributed by atoms with Gasteiger partial charge in [0.2, 0.25) is 0 Å². The fourth-order valence-corrected chi connectivity index (χ4v) is 1.48. The number of nitrogens with two attached hydrogens (primary N) is 1. The van der Waals surface area contributed by atoms with Gasteiger partial charge < -0.3 is 10.8 Å². The number of aromatic hydroxyl groups is 1. The SMILES string of the molecule is CON(C)C(=O)c1cc(Br)cc(O)c1N. The van der Waals surface area contributed by atoms with Crippen molar-refractivity contribution in [3.63, 3.8) is 0 Å². The summed E-state index contributed by atoms with van der Waals surface area (Å²) in [6.45, 7) is 0. The van der Waals surface area contributed by atoms with E-state index in [0.29, 0.717) is 4.47 Å². The van der Waals surface area contributed by atoms with E-state index in [1.54, 1.807) is 0 Å². The highest BCUT2D eigenvalue weighted by atomic mass is 79.9. The van der Waals surface area contributed by atoms with Crippen LogP contribution in [-0.4, -0.2) is 30.2 Å². The molecule has 0 atom stereocenters. The highest BCUT2D eigenvalue weighted by Crippen LogP contribution is 2.29. The number of carbonyl (C=O) groups excluding carboxylic acids is 1. The zero-order chi connectivity index (χ0) is 11.6. The Morgan fingerprint density at radius 2 is 2.20 bits per heavy atom. The second kappa shape index (κ2) is 4.50. The summed E-state index contributed by atoms with van der Waals surface area (Å²) < 4.78 is 0.571. The maximum atomic E-state index is 11.7. The molecule has 0 heterocycles. The number of nitrogens with zero attached hydrogens (tertiary/aromatic N) is 1. The van der Waals surface area contributed by atoms with Gasteiger partial charge in [-0.2, -0.15) is 0 Å². The molecular formula is C9H11BrN2O3. The van der Waals surface area contributed by atoms with Crippen LogP contribution in [0.1, 0.15) is 10.4 Å². The van der Waals surface area contributed by atoms with Crippen LogP contribution in [0.3, 0.4) is 0 Å². The van der Waals surface area contributed by atoms with Crippen LogP contribution >= 0.6 is 15.9 Å². The fraction of sp³-hybridized carbons (Fsp3) is 0.222. The quantitative estimate of drug-likeness (QED) is 0.485. The molecular weight excluding hydrogens is 264 g/mol. The predicted molar refractivity (Wildman–Crippen MR) is 59.3 cm³/mol. The monoisotopic (exact) mass is 274 g/mol. The molecule has 0 radical (unpaired) electrons. The lowest BCUT2D eigenvalue weighted by Crippen LogP contribution is -2.26. The molecule has 0 saturated heterocycles. The van der Waals surface area contributed by atoms with Gasteiger partial charge in [0, 0.05) is 11.5 Å². The van der Waals surface area contributed by atoms with Crippen molar-refractivity contribution < 1.29 is 14.7 Å². The van der Waals surface area contributed by atoms with Gasteiger partial charge in [-0.1, -0.05) is 15.9 Å². The maximum Gasteiger partial charge on any atom is 0.279 e. The Morgan fingerprint density at radius 1 is 1.60 bits per heavy atom. The third kappa shape index (κ3) is 2.40. The number of nitrogen functional groups attached to an aromatic ring is 1. The summed E-state index contributed by atoms with van der Waals surface area (Å²) in [5.41, 5.74) is 5.79. The van der Waals surface area contributed by atoms with Crippen molar-refractivity contribution in [2.75, 3.05) is 19.9 Å². The number of hydrogen-bond donors (Lipinski definition) is 2. The summed E-state index contributed by atoms with van der Waals surface area (Å²) in [4.78, 5) is 16.4. The van der Waals surface area contributed by atoms with Crippen LogP contribution in [0.2, 0.25) is 0 Å².